The van der Waals surface area contributed by atoms with Gasteiger partial charge in [-0.25, -0.2) is 0 Å². The zero-order valence-electron chi connectivity index (χ0n) is 19.2. The Morgan fingerprint density at radius 1 is 1.06 bits per heavy atom. The maximum Gasteiger partial charge on any atom is 0.0796 e. The van der Waals surface area contributed by atoms with Crippen LogP contribution in [0.15, 0.2) is 0 Å². The Bertz CT molecular complexity index is 752. The van der Waals surface area contributed by atoms with Crippen LogP contribution in [0.2, 0.25) is 0 Å². The average molecular weight is 438 g/mol. The summed E-state index contributed by atoms with van der Waals surface area (Å²) in [6.07, 6.45) is 1.86. The quantitative estimate of drug-likeness (QED) is 0.577. The predicted molar refractivity (Wildman–Crippen MR) is 112 cm³/mol. The second-order valence-corrected chi connectivity index (χ2v) is 11.6. The third kappa shape index (κ3) is 2.12. The van der Waals surface area contributed by atoms with E-state index in [0.717, 1.165) is 32.4 Å². The van der Waals surface area contributed by atoms with Crippen LogP contribution in [-0.2, 0) is 14.2 Å². The van der Waals surface area contributed by atoms with Gasteiger partial charge in [0.1, 0.15) is 0 Å². The fraction of sp³-hybridized carbons (Fsp3) is 1.00. The minimum absolute atomic E-state index is 0.0167. The molecule has 7 heteroatoms. The van der Waals surface area contributed by atoms with Crippen LogP contribution in [0.3, 0.4) is 0 Å². The standard InChI is InChI=1S/C24H39NO6/c1-5-25-10-22(11-29-2)7-6-15(31-4)24-13-8-12-14(30-3)9-23(28,16(13)18(12)26)17(21(24)25)19(27)20(22)24/h12-21,26-28H,5-11H2,1-4H3. The van der Waals surface area contributed by atoms with Crippen LogP contribution < -0.4 is 0 Å². The first-order valence-electron chi connectivity index (χ1n) is 12.2. The van der Waals surface area contributed by atoms with Crippen molar-refractivity contribution in [1.82, 2.24) is 4.90 Å². The van der Waals surface area contributed by atoms with Crippen LogP contribution in [0.1, 0.15) is 32.6 Å². The summed E-state index contributed by atoms with van der Waals surface area (Å²) >= 11 is 0. The molecule has 31 heavy (non-hydrogen) atoms. The molecule has 6 rings (SSSR count). The van der Waals surface area contributed by atoms with Gasteiger partial charge in [0.2, 0.25) is 0 Å². The molecular formula is C24H39NO6. The maximum atomic E-state index is 12.4. The highest BCUT2D eigenvalue weighted by molar-refractivity contribution is 5.35. The second kappa shape index (κ2) is 6.65. The van der Waals surface area contributed by atoms with Gasteiger partial charge in [0.25, 0.3) is 0 Å². The smallest absolute Gasteiger partial charge is 0.0796 e. The molecule has 13 atom stereocenters. The summed E-state index contributed by atoms with van der Waals surface area (Å²) in [5.41, 5.74) is -1.55. The number of fused-ring (bicyclic) bond motifs is 2. The largest absolute Gasteiger partial charge is 0.392 e. The van der Waals surface area contributed by atoms with Crippen molar-refractivity contribution >= 4 is 0 Å². The number of hydrogen-bond donors (Lipinski definition) is 3. The highest BCUT2D eigenvalue weighted by Crippen LogP contribution is 2.79. The monoisotopic (exact) mass is 437 g/mol. The first-order valence-corrected chi connectivity index (χ1v) is 12.2. The minimum atomic E-state index is -1.13. The van der Waals surface area contributed by atoms with Gasteiger partial charge in [0.05, 0.1) is 36.6 Å². The summed E-state index contributed by atoms with van der Waals surface area (Å²) in [7, 11) is 5.26. The number of aliphatic hydroxyl groups is 3. The number of nitrogens with zero attached hydrogens (tertiary/aromatic N) is 1. The number of ether oxygens (including phenoxy) is 3. The molecule has 3 N–H and O–H groups in total. The Morgan fingerprint density at radius 3 is 2.48 bits per heavy atom. The van der Waals surface area contributed by atoms with Crippen molar-refractivity contribution in [3.63, 3.8) is 0 Å². The maximum absolute atomic E-state index is 12.4. The molecule has 7 bridgehead atoms. The molecule has 5 aliphatic carbocycles. The predicted octanol–water partition coefficient (Wildman–Crippen LogP) is 0.502. The zero-order valence-corrected chi connectivity index (χ0v) is 19.2. The SMILES string of the molecule is CCN1CC2(COC)CCC(OC)C34C5CC6C(OC)CC(O)(C5C6O)C(C(O)C23)C14. The Kier molecular flexibility index (Phi) is 4.56. The molecule has 1 spiro atoms. The topological polar surface area (TPSA) is 91.6 Å². The van der Waals surface area contributed by atoms with E-state index in [1.165, 1.54) is 0 Å². The van der Waals surface area contributed by atoms with Crippen LogP contribution >= 0.6 is 0 Å². The van der Waals surface area contributed by atoms with Crippen molar-refractivity contribution in [2.24, 2.45) is 40.4 Å². The molecule has 13 unspecified atom stereocenters. The molecule has 7 nitrogen and oxygen atoms in total. The third-order valence-electron chi connectivity index (χ3n) is 11.1. The molecule has 1 saturated heterocycles. The van der Waals surface area contributed by atoms with Crippen molar-refractivity contribution in [1.29, 1.82) is 0 Å². The van der Waals surface area contributed by atoms with E-state index >= 15 is 0 Å². The van der Waals surface area contributed by atoms with Crippen molar-refractivity contribution in [3.05, 3.63) is 0 Å². The van der Waals surface area contributed by atoms with E-state index in [-0.39, 0.29) is 58.7 Å². The van der Waals surface area contributed by atoms with E-state index in [0.29, 0.717) is 13.0 Å². The number of likely N-dealkylation sites (tertiary alicyclic amines) is 1. The van der Waals surface area contributed by atoms with Gasteiger partial charge in [0, 0.05) is 74.8 Å². The molecule has 1 heterocycles. The number of hydrogen-bond acceptors (Lipinski definition) is 7. The number of aliphatic hydroxyl groups excluding tert-OH is 2. The summed E-state index contributed by atoms with van der Waals surface area (Å²) in [5, 5.41) is 35.9. The minimum Gasteiger partial charge on any atom is -0.392 e. The number of rotatable bonds is 5. The Morgan fingerprint density at radius 2 is 1.84 bits per heavy atom. The lowest BCUT2D eigenvalue weighted by Gasteiger charge is -2.69. The van der Waals surface area contributed by atoms with Gasteiger partial charge in [-0.3, -0.25) is 4.90 Å². The van der Waals surface area contributed by atoms with Crippen LogP contribution in [0.25, 0.3) is 0 Å². The lowest BCUT2D eigenvalue weighted by molar-refractivity contribution is -0.276. The van der Waals surface area contributed by atoms with Gasteiger partial charge in [0.15, 0.2) is 0 Å². The Balaban J connectivity index is 1.62. The molecule has 0 radical (unpaired) electrons. The normalized spacial score (nSPS) is 61.6. The lowest BCUT2D eigenvalue weighted by Crippen LogP contribution is -2.76. The zero-order chi connectivity index (χ0) is 21.9. The van der Waals surface area contributed by atoms with Gasteiger partial charge in [-0.05, 0) is 31.7 Å². The van der Waals surface area contributed by atoms with E-state index < -0.39 is 17.8 Å². The van der Waals surface area contributed by atoms with Crippen LogP contribution in [0.4, 0.5) is 0 Å². The Labute approximate surface area is 185 Å². The molecule has 6 fully saturated rings. The summed E-state index contributed by atoms with van der Waals surface area (Å²) < 4.78 is 17.9. The summed E-state index contributed by atoms with van der Waals surface area (Å²) in [5.74, 6) is -0.366. The van der Waals surface area contributed by atoms with E-state index in [4.69, 9.17) is 14.2 Å². The molecule has 0 aromatic carbocycles. The fourth-order valence-electron chi connectivity index (χ4n) is 10.7. The summed E-state index contributed by atoms with van der Waals surface area (Å²) in [6.45, 7) is 4.57. The summed E-state index contributed by atoms with van der Waals surface area (Å²) in [6, 6.07) is 0.0561. The first kappa shape index (κ1) is 21.3. The molecule has 1 aliphatic heterocycles. The van der Waals surface area contributed by atoms with E-state index in [1.54, 1.807) is 14.2 Å². The summed E-state index contributed by atoms with van der Waals surface area (Å²) in [4.78, 5) is 2.52. The van der Waals surface area contributed by atoms with E-state index in [2.05, 4.69) is 11.8 Å². The molecule has 5 saturated carbocycles. The molecule has 0 aromatic heterocycles. The van der Waals surface area contributed by atoms with Crippen molar-refractivity contribution in [3.8, 4) is 0 Å². The van der Waals surface area contributed by atoms with Crippen LogP contribution in [0, 0.1) is 40.4 Å². The van der Waals surface area contributed by atoms with Gasteiger partial charge in [-0.1, -0.05) is 6.92 Å². The lowest BCUT2D eigenvalue weighted by atomic mass is 9.43. The fourth-order valence-corrected chi connectivity index (χ4v) is 10.7. The highest BCUT2D eigenvalue weighted by Gasteiger charge is 2.86. The van der Waals surface area contributed by atoms with E-state index in [1.807, 2.05) is 7.11 Å². The van der Waals surface area contributed by atoms with Gasteiger partial charge < -0.3 is 29.5 Å². The number of piperidine rings is 1. The first-order chi connectivity index (χ1) is 14.9. The molecule has 6 aliphatic rings. The van der Waals surface area contributed by atoms with Gasteiger partial charge >= 0.3 is 0 Å². The Hall–Kier alpha value is -0.280. The van der Waals surface area contributed by atoms with Gasteiger partial charge in [-0.15, -0.1) is 0 Å². The van der Waals surface area contributed by atoms with E-state index in [9.17, 15) is 15.3 Å². The van der Waals surface area contributed by atoms with Crippen LogP contribution in [0.5, 0.6) is 0 Å². The second-order valence-electron chi connectivity index (χ2n) is 11.6. The molecular weight excluding hydrogens is 398 g/mol. The van der Waals surface area contributed by atoms with Crippen molar-refractivity contribution in [2.45, 2.75) is 68.7 Å². The van der Waals surface area contributed by atoms with Crippen molar-refractivity contribution < 1.29 is 29.5 Å². The van der Waals surface area contributed by atoms with Crippen molar-refractivity contribution in [2.75, 3.05) is 41.0 Å². The highest BCUT2D eigenvalue weighted by atomic mass is 16.5. The van der Waals surface area contributed by atoms with Crippen LogP contribution in [-0.4, -0.2) is 97.3 Å². The van der Waals surface area contributed by atoms with Gasteiger partial charge in [-0.2, -0.15) is 0 Å². The average Bonchev–Trinajstić information content (AvgIpc) is 3.14. The molecule has 0 aromatic rings. The number of methoxy groups -OCH3 is 3. The molecule has 0 amide bonds. The molecule has 176 valence electrons. The third-order valence-corrected chi connectivity index (χ3v) is 11.1.